The number of sulfonamides is 1. The van der Waals surface area contributed by atoms with Gasteiger partial charge in [-0.05, 0) is 41.3 Å². The number of para-hydroxylation sites is 1. The molecule has 1 amide bonds. The molecule has 0 saturated heterocycles. The van der Waals surface area contributed by atoms with E-state index in [9.17, 15) is 13.2 Å². The number of thiophene rings is 1. The standard InChI is InChI=1S/C17H14N4O3S2/c22-17(20-19-12-13-7-9-18-10-8-13)14-4-1-2-5-15(14)21-26(23,24)16-6-3-11-25-16/h1-12,21H,(H,20,22)/b19-12+. The fourth-order valence-corrected chi connectivity index (χ4v) is 4.13. The highest BCUT2D eigenvalue weighted by Gasteiger charge is 2.19. The predicted octanol–water partition coefficient (Wildman–Crippen LogP) is 2.71. The summed E-state index contributed by atoms with van der Waals surface area (Å²) in [5.41, 5.74) is 3.50. The second-order valence-electron chi connectivity index (χ2n) is 5.06. The van der Waals surface area contributed by atoms with E-state index in [1.165, 1.54) is 24.4 Å². The minimum Gasteiger partial charge on any atom is -0.278 e. The van der Waals surface area contributed by atoms with Crippen molar-refractivity contribution in [3.8, 4) is 0 Å². The number of hydrazone groups is 1. The molecular formula is C17H14N4O3S2. The number of nitrogens with zero attached hydrogens (tertiary/aromatic N) is 2. The molecule has 132 valence electrons. The highest BCUT2D eigenvalue weighted by molar-refractivity contribution is 7.94. The van der Waals surface area contributed by atoms with Gasteiger partial charge in [-0.25, -0.2) is 13.8 Å². The Labute approximate surface area is 154 Å². The van der Waals surface area contributed by atoms with Gasteiger partial charge in [-0.2, -0.15) is 5.10 Å². The summed E-state index contributed by atoms with van der Waals surface area (Å²) >= 11 is 1.10. The van der Waals surface area contributed by atoms with Gasteiger partial charge in [-0.3, -0.25) is 14.5 Å². The number of hydrogen-bond donors (Lipinski definition) is 2. The number of anilines is 1. The molecule has 0 aliphatic heterocycles. The second-order valence-corrected chi connectivity index (χ2v) is 7.92. The van der Waals surface area contributed by atoms with Gasteiger partial charge in [0.05, 0.1) is 17.5 Å². The summed E-state index contributed by atoms with van der Waals surface area (Å²) in [4.78, 5) is 16.2. The van der Waals surface area contributed by atoms with Crippen LogP contribution in [0.1, 0.15) is 15.9 Å². The van der Waals surface area contributed by atoms with Gasteiger partial charge in [-0.1, -0.05) is 18.2 Å². The molecule has 26 heavy (non-hydrogen) atoms. The topological polar surface area (TPSA) is 101 Å². The molecule has 0 radical (unpaired) electrons. The second kappa shape index (κ2) is 7.89. The van der Waals surface area contributed by atoms with Gasteiger partial charge in [0, 0.05) is 12.4 Å². The number of aromatic nitrogens is 1. The first-order chi connectivity index (χ1) is 12.6. The third-order valence-corrected chi connectivity index (χ3v) is 6.02. The first kappa shape index (κ1) is 17.8. The molecule has 0 saturated carbocycles. The summed E-state index contributed by atoms with van der Waals surface area (Å²) in [7, 11) is -3.75. The first-order valence-corrected chi connectivity index (χ1v) is 9.81. The molecule has 7 nitrogen and oxygen atoms in total. The minimum atomic E-state index is -3.75. The third kappa shape index (κ3) is 4.32. The number of nitrogens with one attached hydrogen (secondary N) is 2. The number of hydrogen-bond acceptors (Lipinski definition) is 6. The molecule has 2 heterocycles. The number of carbonyl (C=O) groups excluding carboxylic acids is 1. The van der Waals surface area contributed by atoms with E-state index >= 15 is 0 Å². The zero-order valence-electron chi connectivity index (χ0n) is 13.4. The third-order valence-electron chi connectivity index (χ3n) is 3.26. The Balaban J connectivity index is 1.76. The van der Waals surface area contributed by atoms with Crippen LogP contribution in [0, 0.1) is 0 Å². The highest BCUT2D eigenvalue weighted by Crippen LogP contribution is 2.22. The van der Waals surface area contributed by atoms with E-state index in [4.69, 9.17) is 0 Å². The van der Waals surface area contributed by atoms with Crippen molar-refractivity contribution >= 4 is 39.2 Å². The molecule has 9 heteroatoms. The molecule has 2 N–H and O–H groups in total. The van der Waals surface area contributed by atoms with Crippen molar-refractivity contribution in [1.29, 1.82) is 0 Å². The van der Waals surface area contributed by atoms with Gasteiger partial charge >= 0.3 is 0 Å². The molecule has 0 atom stereocenters. The largest absolute Gasteiger partial charge is 0.278 e. The molecule has 0 aliphatic carbocycles. The maximum atomic E-state index is 12.4. The lowest BCUT2D eigenvalue weighted by Gasteiger charge is -2.10. The monoisotopic (exact) mass is 386 g/mol. The van der Waals surface area contributed by atoms with Crippen molar-refractivity contribution in [1.82, 2.24) is 10.4 Å². The quantitative estimate of drug-likeness (QED) is 0.502. The summed E-state index contributed by atoms with van der Waals surface area (Å²) in [5.74, 6) is -0.528. The highest BCUT2D eigenvalue weighted by atomic mass is 32.2. The van der Waals surface area contributed by atoms with Crippen LogP contribution in [0.5, 0.6) is 0 Å². The summed E-state index contributed by atoms with van der Waals surface area (Å²) in [5, 5.41) is 5.55. The van der Waals surface area contributed by atoms with Gasteiger partial charge in [0.15, 0.2) is 0 Å². The average molecular weight is 386 g/mol. The number of carbonyl (C=O) groups is 1. The van der Waals surface area contributed by atoms with Crippen molar-refractivity contribution in [3.05, 3.63) is 77.4 Å². The van der Waals surface area contributed by atoms with E-state index < -0.39 is 15.9 Å². The smallest absolute Gasteiger partial charge is 0.273 e. The number of rotatable bonds is 6. The molecule has 3 aromatic rings. The molecule has 0 spiro atoms. The lowest BCUT2D eigenvalue weighted by atomic mass is 10.2. The lowest BCUT2D eigenvalue weighted by molar-refractivity contribution is 0.0956. The molecule has 0 aliphatic rings. The molecule has 2 aromatic heterocycles. The zero-order valence-corrected chi connectivity index (χ0v) is 15.0. The Bertz CT molecular complexity index is 1020. The van der Waals surface area contributed by atoms with Crippen LogP contribution >= 0.6 is 11.3 Å². The van der Waals surface area contributed by atoms with Crippen molar-refractivity contribution in [2.24, 2.45) is 5.10 Å². The lowest BCUT2D eigenvalue weighted by Crippen LogP contribution is -2.21. The van der Waals surface area contributed by atoms with Crippen LogP contribution in [0.2, 0.25) is 0 Å². The van der Waals surface area contributed by atoms with E-state index in [1.54, 1.807) is 48.1 Å². The van der Waals surface area contributed by atoms with E-state index in [1.807, 2.05) is 0 Å². The summed E-state index contributed by atoms with van der Waals surface area (Å²) < 4.78 is 27.3. The fourth-order valence-electron chi connectivity index (χ4n) is 2.06. The molecule has 0 bridgehead atoms. The number of pyridine rings is 1. The Kier molecular flexibility index (Phi) is 5.40. The van der Waals surface area contributed by atoms with E-state index in [-0.39, 0.29) is 15.5 Å². The number of benzene rings is 1. The maximum Gasteiger partial charge on any atom is 0.273 e. The summed E-state index contributed by atoms with van der Waals surface area (Å²) in [6.07, 6.45) is 4.69. The van der Waals surface area contributed by atoms with Crippen LogP contribution in [-0.4, -0.2) is 25.5 Å². The van der Waals surface area contributed by atoms with Gasteiger partial charge in [0.1, 0.15) is 4.21 Å². The minimum absolute atomic E-state index is 0.166. The Morgan fingerprint density at radius 2 is 1.85 bits per heavy atom. The first-order valence-electron chi connectivity index (χ1n) is 7.45. The predicted molar refractivity (Wildman–Crippen MR) is 101 cm³/mol. The van der Waals surface area contributed by atoms with Crippen LogP contribution < -0.4 is 10.1 Å². The van der Waals surface area contributed by atoms with Crippen LogP contribution in [0.15, 0.2) is 75.6 Å². The summed E-state index contributed by atoms with van der Waals surface area (Å²) in [6.45, 7) is 0. The maximum absolute atomic E-state index is 12.4. The normalized spacial score (nSPS) is 11.4. The van der Waals surface area contributed by atoms with Crippen LogP contribution in [0.3, 0.4) is 0 Å². The molecule has 0 unspecified atom stereocenters. The average Bonchev–Trinajstić information content (AvgIpc) is 3.18. The van der Waals surface area contributed by atoms with Crippen molar-refractivity contribution in [2.75, 3.05) is 4.72 Å². The SMILES string of the molecule is O=C(N/N=C/c1ccncc1)c1ccccc1NS(=O)(=O)c1cccs1. The van der Waals surface area contributed by atoms with Gasteiger partial charge in [0.2, 0.25) is 0 Å². The Morgan fingerprint density at radius 1 is 1.08 bits per heavy atom. The van der Waals surface area contributed by atoms with Gasteiger partial charge in [0.25, 0.3) is 15.9 Å². The fraction of sp³-hybridized carbons (Fsp3) is 0. The molecule has 0 fully saturated rings. The van der Waals surface area contributed by atoms with E-state index in [0.717, 1.165) is 16.9 Å². The Hall–Kier alpha value is -3.04. The van der Waals surface area contributed by atoms with Crippen LogP contribution in [-0.2, 0) is 10.0 Å². The van der Waals surface area contributed by atoms with E-state index in [0.29, 0.717) is 0 Å². The molecule has 3 rings (SSSR count). The van der Waals surface area contributed by atoms with E-state index in [2.05, 4.69) is 20.2 Å². The zero-order chi connectivity index (χ0) is 18.4. The van der Waals surface area contributed by atoms with Crippen molar-refractivity contribution in [2.45, 2.75) is 4.21 Å². The molecular weight excluding hydrogens is 372 g/mol. The molecule has 1 aromatic carbocycles. The Morgan fingerprint density at radius 3 is 2.58 bits per heavy atom. The van der Waals surface area contributed by atoms with Crippen molar-refractivity contribution in [3.63, 3.8) is 0 Å². The van der Waals surface area contributed by atoms with Crippen LogP contribution in [0.4, 0.5) is 5.69 Å². The van der Waals surface area contributed by atoms with Crippen LogP contribution in [0.25, 0.3) is 0 Å². The van der Waals surface area contributed by atoms with Crippen molar-refractivity contribution < 1.29 is 13.2 Å². The summed E-state index contributed by atoms with van der Waals surface area (Å²) in [6, 6.07) is 12.9. The number of amides is 1. The van der Waals surface area contributed by atoms with Gasteiger partial charge in [-0.15, -0.1) is 11.3 Å². The van der Waals surface area contributed by atoms with Gasteiger partial charge < -0.3 is 0 Å².